The molecule has 0 aliphatic carbocycles. The molecule has 2 aromatic carbocycles. The van der Waals surface area contributed by atoms with Gasteiger partial charge < -0.3 is 15.2 Å². The van der Waals surface area contributed by atoms with Gasteiger partial charge in [-0.15, -0.1) is 16.8 Å². The Hall–Kier alpha value is -3.10. The van der Waals surface area contributed by atoms with Crippen LogP contribution in [-0.4, -0.2) is 38.4 Å². The second-order valence-electron chi connectivity index (χ2n) is 8.24. The molecule has 0 bridgehead atoms. The summed E-state index contributed by atoms with van der Waals surface area (Å²) in [5, 5.41) is 15.3. The van der Waals surface area contributed by atoms with Crippen molar-refractivity contribution in [3.8, 4) is 0 Å². The molecule has 3 rings (SSSR count). The Morgan fingerprint density at radius 1 is 1.20 bits per heavy atom. The molecule has 0 aliphatic heterocycles. The summed E-state index contributed by atoms with van der Waals surface area (Å²) in [5.41, 5.74) is 3.33. The van der Waals surface area contributed by atoms with Gasteiger partial charge in [-0.25, -0.2) is 0 Å². The fraction of sp³-hybridized carbons (Fsp3) is 0.308. The van der Waals surface area contributed by atoms with Crippen molar-refractivity contribution in [3.63, 3.8) is 0 Å². The molecule has 0 saturated heterocycles. The van der Waals surface area contributed by atoms with E-state index in [0.29, 0.717) is 47.4 Å². The van der Waals surface area contributed by atoms with Gasteiger partial charge in [0.15, 0.2) is 5.16 Å². The first kappa shape index (κ1) is 26.5. The van der Waals surface area contributed by atoms with Crippen LogP contribution in [0.4, 0.5) is 5.69 Å². The van der Waals surface area contributed by atoms with Gasteiger partial charge >= 0.3 is 0 Å². The number of thioether (sulfide) groups is 1. The Morgan fingerprint density at radius 2 is 2.00 bits per heavy atom. The van der Waals surface area contributed by atoms with E-state index >= 15 is 0 Å². The highest BCUT2D eigenvalue weighted by Crippen LogP contribution is 2.26. The number of halogens is 1. The minimum atomic E-state index is -0.400. The van der Waals surface area contributed by atoms with E-state index in [9.17, 15) is 9.59 Å². The average molecular weight is 512 g/mol. The van der Waals surface area contributed by atoms with Gasteiger partial charge in [-0.1, -0.05) is 53.2 Å². The number of hydrogen-bond acceptors (Lipinski definition) is 5. The Labute approximate surface area is 215 Å². The lowest BCUT2D eigenvalue weighted by Crippen LogP contribution is -2.25. The molecule has 3 aromatic rings. The number of nitrogens with zero attached hydrogens (tertiary/aromatic N) is 3. The molecule has 0 aliphatic rings. The van der Waals surface area contributed by atoms with Gasteiger partial charge in [-0.05, 0) is 57.0 Å². The molecule has 1 unspecified atom stereocenters. The predicted octanol–water partition coefficient (Wildman–Crippen LogP) is 5.22. The number of rotatable bonds is 11. The van der Waals surface area contributed by atoms with Crippen LogP contribution in [0.15, 0.2) is 60.3 Å². The smallest absolute Gasteiger partial charge is 0.251 e. The van der Waals surface area contributed by atoms with Crippen LogP contribution in [0.25, 0.3) is 0 Å². The predicted molar refractivity (Wildman–Crippen MR) is 142 cm³/mol. The van der Waals surface area contributed by atoms with E-state index in [1.165, 1.54) is 11.8 Å². The van der Waals surface area contributed by atoms with E-state index < -0.39 is 5.25 Å². The lowest BCUT2D eigenvalue weighted by molar-refractivity contribution is -0.115. The summed E-state index contributed by atoms with van der Waals surface area (Å²) in [6.45, 7) is 10.6. The maximum Gasteiger partial charge on any atom is 0.251 e. The van der Waals surface area contributed by atoms with Crippen LogP contribution in [0.2, 0.25) is 5.02 Å². The summed E-state index contributed by atoms with van der Waals surface area (Å²) >= 11 is 7.40. The molecule has 1 aromatic heterocycles. The van der Waals surface area contributed by atoms with Gasteiger partial charge in [0.25, 0.3) is 5.91 Å². The summed E-state index contributed by atoms with van der Waals surface area (Å²) in [4.78, 5) is 25.1. The SMILES string of the molecule is C=CCn1c(CCCNC(=O)c2cccc(C)c2)nnc1SC(C)C(=O)Nc1cc(Cl)ccc1C. The third-order valence-corrected chi connectivity index (χ3v) is 6.67. The normalized spacial score (nSPS) is 11.7. The number of aromatic nitrogens is 3. The van der Waals surface area contributed by atoms with Crippen LogP contribution in [0.1, 0.15) is 40.7 Å². The van der Waals surface area contributed by atoms with Gasteiger partial charge in [0, 0.05) is 35.8 Å². The van der Waals surface area contributed by atoms with E-state index in [1.807, 2.05) is 49.6 Å². The molecule has 1 heterocycles. The Bertz CT molecular complexity index is 1210. The molecule has 0 fully saturated rings. The minimum Gasteiger partial charge on any atom is -0.352 e. The van der Waals surface area contributed by atoms with Gasteiger partial charge in [0.1, 0.15) is 5.82 Å². The standard InChI is InChI=1S/C26H30ClN5O2S/c1-5-14-32-23(10-7-13-28-25(34)20-9-6-8-17(2)15-20)30-31-26(32)35-19(4)24(33)29-22-16-21(27)12-11-18(22)3/h5-6,8-9,11-12,15-16,19H,1,7,10,13-14H2,2-4H3,(H,28,34)(H,29,33). The third-order valence-electron chi connectivity index (χ3n) is 5.36. The van der Waals surface area contributed by atoms with Crippen molar-refractivity contribution in [2.24, 2.45) is 0 Å². The number of carbonyl (C=O) groups excluding carboxylic acids is 2. The van der Waals surface area contributed by atoms with Gasteiger partial charge in [0.05, 0.1) is 5.25 Å². The topological polar surface area (TPSA) is 88.9 Å². The second kappa shape index (κ2) is 12.6. The fourth-order valence-electron chi connectivity index (χ4n) is 3.42. The average Bonchev–Trinajstić information content (AvgIpc) is 3.20. The fourth-order valence-corrected chi connectivity index (χ4v) is 4.46. The van der Waals surface area contributed by atoms with Crippen LogP contribution in [0, 0.1) is 13.8 Å². The number of benzene rings is 2. The van der Waals surface area contributed by atoms with Crippen molar-refractivity contribution < 1.29 is 9.59 Å². The number of anilines is 1. The molecule has 2 N–H and O–H groups in total. The molecule has 35 heavy (non-hydrogen) atoms. The maximum absolute atomic E-state index is 12.8. The molecular formula is C26H30ClN5O2S. The molecule has 0 radical (unpaired) electrons. The number of aryl methyl sites for hydroxylation is 3. The molecule has 0 spiro atoms. The van der Waals surface area contributed by atoms with E-state index in [2.05, 4.69) is 27.4 Å². The molecular weight excluding hydrogens is 482 g/mol. The van der Waals surface area contributed by atoms with Crippen molar-refractivity contribution >= 4 is 40.9 Å². The van der Waals surface area contributed by atoms with Crippen LogP contribution in [0.5, 0.6) is 0 Å². The van der Waals surface area contributed by atoms with Gasteiger partial charge in [-0.3, -0.25) is 9.59 Å². The number of allylic oxidation sites excluding steroid dienone is 1. The van der Waals surface area contributed by atoms with Gasteiger partial charge in [0.2, 0.25) is 5.91 Å². The van der Waals surface area contributed by atoms with Crippen LogP contribution in [0.3, 0.4) is 0 Å². The zero-order chi connectivity index (χ0) is 25.4. The van der Waals surface area contributed by atoms with E-state index in [0.717, 1.165) is 17.0 Å². The number of amides is 2. The van der Waals surface area contributed by atoms with Crippen molar-refractivity contribution in [2.75, 3.05) is 11.9 Å². The van der Waals surface area contributed by atoms with Crippen LogP contribution in [-0.2, 0) is 17.8 Å². The van der Waals surface area contributed by atoms with E-state index in [4.69, 9.17) is 11.6 Å². The third kappa shape index (κ3) is 7.44. The van der Waals surface area contributed by atoms with E-state index in [-0.39, 0.29) is 11.8 Å². The Morgan fingerprint density at radius 3 is 2.74 bits per heavy atom. The van der Waals surface area contributed by atoms with Crippen molar-refractivity contribution in [3.05, 3.63) is 82.7 Å². The number of nitrogens with one attached hydrogen (secondary N) is 2. The van der Waals surface area contributed by atoms with E-state index in [1.54, 1.807) is 24.3 Å². The first-order valence-electron chi connectivity index (χ1n) is 11.4. The molecule has 0 saturated carbocycles. The Balaban J connectivity index is 1.57. The summed E-state index contributed by atoms with van der Waals surface area (Å²) in [6.07, 6.45) is 3.12. The monoisotopic (exact) mass is 511 g/mol. The summed E-state index contributed by atoms with van der Waals surface area (Å²) in [6, 6.07) is 12.9. The second-order valence-corrected chi connectivity index (χ2v) is 9.98. The van der Waals surface area contributed by atoms with Gasteiger partial charge in [-0.2, -0.15) is 0 Å². The molecule has 7 nitrogen and oxygen atoms in total. The highest BCUT2D eigenvalue weighted by molar-refractivity contribution is 8.00. The summed E-state index contributed by atoms with van der Waals surface area (Å²) < 4.78 is 1.95. The molecule has 2 amide bonds. The Kier molecular flexibility index (Phi) is 9.51. The zero-order valence-corrected chi connectivity index (χ0v) is 21.7. The molecule has 184 valence electrons. The summed E-state index contributed by atoms with van der Waals surface area (Å²) in [5.74, 6) is 0.553. The largest absolute Gasteiger partial charge is 0.352 e. The highest BCUT2D eigenvalue weighted by atomic mass is 35.5. The van der Waals surface area contributed by atoms with Crippen LogP contribution < -0.4 is 10.6 Å². The minimum absolute atomic E-state index is 0.0905. The van der Waals surface area contributed by atoms with Crippen molar-refractivity contribution in [2.45, 2.75) is 50.6 Å². The number of hydrogen-bond donors (Lipinski definition) is 2. The molecule has 9 heteroatoms. The zero-order valence-electron chi connectivity index (χ0n) is 20.2. The lowest BCUT2D eigenvalue weighted by Gasteiger charge is -2.14. The quantitative estimate of drug-likeness (QED) is 0.209. The maximum atomic E-state index is 12.8. The summed E-state index contributed by atoms with van der Waals surface area (Å²) in [7, 11) is 0. The van der Waals surface area contributed by atoms with Crippen molar-refractivity contribution in [1.29, 1.82) is 0 Å². The molecule has 1 atom stereocenters. The first-order valence-corrected chi connectivity index (χ1v) is 12.7. The van der Waals surface area contributed by atoms with Crippen molar-refractivity contribution in [1.82, 2.24) is 20.1 Å². The highest BCUT2D eigenvalue weighted by Gasteiger charge is 2.20. The first-order chi connectivity index (χ1) is 16.8. The number of carbonyl (C=O) groups is 2. The lowest BCUT2D eigenvalue weighted by atomic mass is 10.1. The van der Waals surface area contributed by atoms with Crippen LogP contribution >= 0.6 is 23.4 Å².